The smallest absolute Gasteiger partial charge is 0.243 e. The van der Waals surface area contributed by atoms with Crippen LogP contribution in [0, 0.1) is 5.82 Å². The summed E-state index contributed by atoms with van der Waals surface area (Å²) in [6.07, 6.45) is 4.04. The van der Waals surface area contributed by atoms with E-state index in [0.29, 0.717) is 0 Å². The number of benzene rings is 1. The van der Waals surface area contributed by atoms with Crippen LogP contribution in [0.4, 0.5) is 4.39 Å². The molecule has 7 heteroatoms. The van der Waals surface area contributed by atoms with Crippen molar-refractivity contribution >= 4 is 21.6 Å². The van der Waals surface area contributed by atoms with Gasteiger partial charge in [0.05, 0.1) is 5.02 Å². The molecule has 0 bridgehead atoms. The van der Waals surface area contributed by atoms with Gasteiger partial charge in [0.25, 0.3) is 0 Å². The molecule has 2 aliphatic rings. The molecule has 2 aliphatic heterocycles. The van der Waals surface area contributed by atoms with Crippen molar-refractivity contribution in [3.05, 3.63) is 29.0 Å². The first-order valence-electron chi connectivity index (χ1n) is 7.19. The number of hydrogen-bond donors (Lipinski definition) is 1. The summed E-state index contributed by atoms with van der Waals surface area (Å²) in [6, 6.07) is 4.12. The van der Waals surface area contributed by atoms with Crippen LogP contribution in [0.5, 0.6) is 0 Å². The molecule has 21 heavy (non-hydrogen) atoms. The molecule has 0 amide bonds. The van der Waals surface area contributed by atoms with Gasteiger partial charge in [0.2, 0.25) is 10.0 Å². The lowest BCUT2D eigenvalue weighted by Gasteiger charge is -2.32. The Kier molecular flexibility index (Phi) is 4.23. The van der Waals surface area contributed by atoms with Crippen molar-refractivity contribution in [2.24, 2.45) is 0 Å². The summed E-state index contributed by atoms with van der Waals surface area (Å²) < 4.78 is 41.4. The summed E-state index contributed by atoms with van der Waals surface area (Å²) in [5, 5.41) is -0.177. The number of rotatable bonds is 3. The molecular formula is C14H18ClFN2O2S. The molecule has 2 fully saturated rings. The van der Waals surface area contributed by atoms with Crippen LogP contribution in [0.2, 0.25) is 5.02 Å². The fourth-order valence-corrected chi connectivity index (χ4v) is 4.97. The summed E-state index contributed by atoms with van der Waals surface area (Å²) in [5.41, 5.74) is 0. The van der Waals surface area contributed by atoms with E-state index in [9.17, 15) is 12.8 Å². The third-order valence-corrected chi connectivity index (χ3v) is 6.17. The van der Waals surface area contributed by atoms with Crippen molar-refractivity contribution < 1.29 is 12.8 Å². The fraction of sp³-hybridized carbons (Fsp3) is 0.571. The van der Waals surface area contributed by atoms with Crippen molar-refractivity contribution in [1.82, 2.24) is 9.62 Å². The fourth-order valence-electron chi connectivity index (χ4n) is 3.34. The average Bonchev–Trinajstić information content (AvgIpc) is 2.84. The molecular weight excluding hydrogens is 315 g/mol. The van der Waals surface area contributed by atoms with E-state index in [1.165, 1.54) is 24.6 Å². The van der Waals surface area contributed by atoms with Gasteiger partial charge in [-0.1, -0.05) is 24.1 Å². The van der Waals surface area contributed by atoms with Crippen LogP contribution in [-0.4, -0.2) is 38.5 Å². The molecule has 2 unspecified atom stereocenters. The van der Waals surface area contributed by atoms with Gasteiger partial charge in [-0.3, -0.25) is 4.90 Å². The molecule has 2 heterocycles. The van der Waals surface area contributed by atoms with Crippen LogP contribution in [0.3, 0.4) is 0 Å². The highest BCUT2D eigenvalue weighted by molar-refractivity contribution is 7.89. The van der Waals surface area contributed by atoms with Crippen LogP contribution in [0.1, 0.15) is 25.7 Å². The Labute approximate surface area is 129 Å². The van der Waals surface area contributed by atoms with Crippen molar-refractivity contribution in [3.8, 4) is 0 Å². The Morgan fingerprint density at radius 3 is 2.86 bits per heavy atom. The Bertz CT molecular complexity index is 638. The van der Waals surface area contributed by atoms with E-state index < -0.39 is 15.8 Å². The summed E-state index contributed by atoms with van der Waals surface area (Å²) in [4.78, 5) is 1.95. The van der Waals surface area contributed by atoms with Gasteiger partial charge >= 0.3 is 0 Å². The second kappa shape index (κ2) is 5.83. The van der Waals surface area contributed by atoms with E-state index >= 15 is 0 Å². The van der Waals surface area contributed by atoms with Gasteiger partial charge in [0.15, 0.2) is 5.82 Å². The normalized spacial score (nSPS) is 26.8. The molecule has 116 valence electrons. The molecule has 1 N–H and O–H groups in total. The first-order chi connectivity index (χ1) is 9.99. The van der Waals surface area contributed by atoms with Gasteiger partial charge in [0.1, 0.15) is 4.90 Å². The largest absolute Gasteiger partial charge is 0.299 e. The SMILES string of the molecule is O=S(=O)(NC1CCN2CCCCC12)c1cccc(Cl)c1F. The van der Waals surface area contributed by atoms with Crippen molar-refractivity contribution in [1.29, 1.82) is 0 Å². The van der Waals surface area contributed by atoms with Crippen LogP contribution < -0.4 is 4.72 Å². The Hall–Kier alpha value is -0.690. The number of nitrogens with one attached hydrogen (secondary N) is 1. The number of piperidine rings is 1. The Morgan fingerprint density at radius 1 is 1.24 bits per heavy atom. The molecule has 2 saturated heterocycles. The Morgan fingerprint density at radius 2 is 2.05 bits per heavy atom. The first-order valence-corrected chi connectivity index (χ1v) is 9.05. The molecule has 0 radical (unpaired) electrons. The van der Waals surface area contributed by atoms with E-state index in [1.807, 2.05) is 0 Å². The van der Waals surface area contributed by atoms with Crippen LogP contribution in [-0.2, 0) is 10.0 Å². The summed E-state index contributed by atoms with van der Waals surface area (Å²) in [5.74, 6) is -0.884. The zero-order valence-corrected chi connectivity index (χ0v) is 13.1. The average molecular weight is 333 g/mol. The van der Waals surface area contributed by atoms with Crippen molar-refractivity contribution in [2.75, 3.05) is 13.1 Å². The number of nitrogens with zero attached hydrogens (tertiary/aromatic N) is 1. The van der Waals surface area contributed by atoms with Crippen LogP contribution in [0.25, 0.3) is 0 Å². The third kappa shape index (κ3) is 2.95. The quantitative estimate of drug-likeness (QED) is 0.924. The number of halogens is 2. The highest BCUT2D eigenvalue weighted by Gasteiger charge is 2.38. The maximum atomic E-state index is 13.9. The zero-order chi connectivity index (χ0) is 15.0. The minimum atomic E-state index is -3.88. The highest BCUT2D eigenvalue weighted by atomic mass is 35.5. The standard InChI is InChI=1S/C14H18ClFN2O2S/c15-10-4-3-6-13(14(10)16)21(19,20)17-11-7-9-18-8-2-1-5-12(11)18/h3-4,6,11-12,17H,1-2,5,7-9H2. The second-order valence-corrected chi connectivity index (χ2v) is 7.76. The lowest BCUT2D eigenvalue weighted by molar-refractivity contribution is 0.186. The summed E-state index contributed by atoms with van der Waals surface area (Å²) >= 11 is 5.67. The molecule has 0 aliphatic carbocycles. The van der Waals surface area contributed by atoms with Crippen molar-refractivity contribution in [2.45, 2.75) is 42.7 Å². The number of sulfonamides is 1. The molecule has 0 spiro atoms. The van der Waals surface area contributed by atoms with E-state index in [-0.39, 0.29) is 22.0 Å². The van der Waals surface area contributed by atoms with Gasteiger partial charge in [-0.2, -0.15) is 0 Å². The maximum Gasteiger partial charge on any atom is 0.243 e. The van der Waals surface area contributed by atoms with Gasteiger partial charge in [-0.25, -0.2) is 17.5 Å². The van der Waals surface area contributed by atoms with E-state index in [1.54, 1.807) is 0 Å². The molecule has 3 rings (SSSR count). The molecule has 0 saturated carbocycles. The number of hydrogen-bond acceptors (Lipinski definition) is 3. The zero-order valence-electron chi connectivity index (χ0n) is 11.6. The molecule has 0 aromatic heterocycles. The topological polar surface area (TPSA) is 49.4 Å². The van der Waals surface area contributed by atoms with Gasteiger partial charge < -0.3 is 0 Å². The van der Waals surface area contributed by atoms with Crippen molar-refractivity contribution in [3.63, 3.8) is 0 Å². The van der Waals surface area contributed by atoms with Crippen LogP contribution in [0.15, 0.2) is 23.1 Å². The third-order valence-electron chi connectivity index (χ3n) is 4.37. The minimum absolute atomic E-state index is 0.145. The second-order valence-electron chi connectivity index (χ2n) is 5.67. The minimum Gasteiger partial charge on any atom is -0.299 e. The van der Waals surface area contributed by atoms with E-state index in [4.69, 9.17) is 11.6 Å². The van der Waals surface area contributed by atoms with E-state index in [0.717, 1.165) is 32.4 Å². The van der Waals surface area contributed by atoms with E-state index in [2.05, 4.69) is 9.62 Å². The van der Waals surface area contributed by atoms with Gasteiger partial charge in [0, 0.05) is 18.6 Å². The number of fused-ring (bicyclic) bond motifs is 1. The lowest BCUT2D eigenvalue weighted by atomic mass is 10.00. The first kappa shape index (κ1) is 15.2. The highest BCUT2D eigenvalue weighted by Crippen LogP contribution is 2.29. The van der Waals surface area contributed by atoms with Gasteiger partial charge in [-0.05, 0) is 37.9 Å². The molecule has 4 nitrogen and oxygen atoms in total. The van der Waals surface area contributed by atoms with Crippen LogP contribution >= 0.6 is 11.6 Å². The van der Waals surface area contributed by atoms with Gasteiger partial charge in [-0.15, -0.1) is 0 Å². The molecule has 2 atom stereocenters. The monoisotopic (exact) mass is 332 g/mol. The summed E-state index contributed by atoms with van der Waals surface area (Å²) in [6.45, 7) is 1.92. The molecule has 1 aromatic carbocycles. The lowest BCUT2D eigenvalue weighted by Crippen LogP contribution is -2.46. The summed E-state index contributed by atoms with van der Waals surface area (Å²) in [7, 11) is -3.88. The predicted octanol–water partition coefficient (Wildman–Crippen LogP) is 2.38. The predicted molar refractivity (Wildman–Crippen MR) is 79.3 cm³/mol. The Balaban J connectivity index is 1.82. The molecule has 1 aromatic rings. The maximum absolute atomic E-state index is 13.9.